The Kier molecular flexibility index (Phi) is 4.56. The second kappa shape index (κ2) is 5.94. The fraction of sp³-hybridized carbons (Fsp3) is 0.0833. The molecule has 0 fully saturated rings. The van der Waals surface area contributed by atoms with Gasteiger partial charge in [-0.25, -0.2) is 9.18 Å². The van der Waals surface area contributed by atoms with Gasteiger partial charge in [-0.2, -0.15) is 0 Å². The molecule has 0 aliphatic carbocycles. The summed E-state index contributed by atoms with van der Waals surface area (Å²) in [6.07, 6.45) is 2.06. The predicted octanol–water partition coefficient (Wildman–Crippen LogP) is 2.51. The van der Waals surface area contributed by atoms with Gasteiger partial charge in [-0.05, 0) is 24.3 Å². The molecule has 1 aromatic rings. The van der Waals surface area contributed by atoms with Crippen LogP contribution in [0.1, 0.15) is 11.1 Å². The molecule has 1 aromatic carbocycles. The van der Waals surface area contributed by atoms with Crippen molar-refractivity contribution in [3.05, 3.63) is 41.2 Å². The quantitative estimate of drug-likeness (QED) is 0.488. The molecule has 0 heterocycles. The van der Waals surface area contributed by atoms with Gasteiger partial charge in [0.2, 0.25) is 0 Å². The Morgan fingerprint density at radius 2 is 2.31 bits per heavy atom. The van der Waals surface area contributed by atoms with Crippen LogP contribution in [0.4, 0.5) is 4.39 Å². The molecule has 0 aromatic heterocycles. The van der Waals surface area contributed by atoms with E-state index >= 15 is 0 Å². The monoisotopic (exact) mass is 238 g/mol. The maximum absolute atomic E-state index is 13.2. The van der Waals surface area contributed by atoms with Gasteiger partial charge in [0.1, 0.15) is 5.82 Å². The highest BCUT2D eigenvalue weighted by Crippen LogP contribution is 2.11. The molecule has 82 valence electrons. The van der Waals surface area contributed by atoms with Crippen LogP contribution in [0.3, 0.4) is 0 Å². The van der Waals surface area contributed by atoms with Crippen molar-refractivity contribution >= 4 is 23.6 Å². The van der Waals surface area contributed by atoms with E-state index in [2.05, 4.69) is 11.8 Å². The first-order valence-electron chi connectivity index (χ1n) is 4.39. The molecule has 1 N–H and O–H groups in total. The lowest BCUT2D eigenvalue weighted by atomic mass is 10.1. The molecule has 0 aliphatic rings. The number of carboxylic acids is 1. The molecule has 0 spiro atoms. The van der Waals surface area contributed by atoms with Gasteiger partial charge < -0.3 is 5.11 Å². The van der Waals surface area contributed by atoms with Crippen LogP contribution in [0.5, 0.6) is 0 Å². The molecule has 0 aliphatic heterocycles. The maximum atomic E-state index is 13.2. The number of hydrogen-bond acceptors (Lipinski definition) is 1. The number of carboxylic acid groups (broad SMARTS) is 1. The lowest BCUT2D eigenvalue weighted by Crippen LogP contribution is -1.88. The van der Waals surface area contributed by atoms with Gasteiger partial charge in [-0.1, -0.05) is 11.8 Å². The zero-order valence-corrected chi connectivity index (χ0v) is 8.96. The Balaban J connectivity index is 3.03. The fourth-order valence-corrected chi connectivity index (χ4v) is 1.11. The molecule has 0 saturated carbocycles. The minimum atomic E-state index is -1.13. The summed E-state index contributed by atoms with van der Waals surface area (Å²) in [5, 5.41) is 8.42. The van der Waals surface area contributed by atoms with Crippen LogP contribution in [-0.4, -0.2) is 17.0 Å². The third kappa shape index (κ3) is 3.76. The molecule has 0 bridgehead atoms. The van der Waals surface area contributed by atoms with Gasteiger partial charge in [-0.15, -0.1) is 11.6 Å². The van der Waals surface area contributed by atoms with Crippen LogP contribution < -0.4 is 0 Å². The minimum Gasteiger partial charge on any atom is -0.478 e. The smallest absolute Gasteiger partial charge is 0.328 e. The van der Waals surface area contributed by atoms with E-state index in [1.54, 1.807) is 0 Å². The second-order valence-electron chi connectivity index (χ2n) is 2.84. The van der Waals surface area contributed by atoms with Gasteiger partial charge in [0.25, 0.3) is 0 Å². The van der Waals surface area contributed by atoms with E-state index in [4.69, 9.17) is 16.7 Å². The summed E-state index contributed by atoms with van der Waals surface area (Å²) in [6.45, 7) is 0. The molecule has 2 nitrogen and oxygen atoms in total. The highest BCUT2D eigenvalue weighted by atomic mass is 35.5. The lowest BCUT2D eigenvalue weighted by molar-refractivity contribution is -0.131. The molecule has 0 amide bonds. The standard InChI is InChI=1S/C12H8ClFO2/c13-7-1-2-9-3-5-11(14)10(8-9)4-6-12(15)16/h3-6,8H,7H2,(H,15,16)/b6-4+. The van der Waals surface area contributed by atoms with E-state index in [9.17, 15) is 9.18 Å². The van der Waals surface area contributed by atoms with Crippen molar-refractivity contribution in [3.8, 4) is 11.8 Å². The predicted molar refractivity (Wildman–Crippen MR) is 60.7 cm³/mol. The zero-order valence-electron chi connectivity index (χ0n) is 8.21. The number of alkyl halides is 1. The molecule has 0 unspecified atom stereocenters. The minimum absolute atomic E-state index is 0.184. The fourth-order valence-electron chi connectivity index (χ4n) is 1.05. The normalized spacial score (nSPS) is 9.88. The van der Waals surface area contributed by atoms with E-state index in [0.717, 1.165) is 6.08 Å². The van der Waals surface area contributed by atoms with Crippen LogP contribution >= 0.6 is 11.6 Å². The first kappa shape index (κ1) is 12.3. The van der Waals surface area contributed by atoms with Crippen molar-refractivity contribution < 1.29 is 14.3 Å². The van der Waals surface area contributed by atoms with Crippen LogP contribution in [0.25, 0.3) is 6.08 Å². The molecular formula is C12H8ClFO2. The van der Waals surface area contributed by atoms with Gasteiger partial charge in [0, 0.05) is 17.2 Å². The van der Waals surface area contributed by atoms with Gasteiger partial charge >= 0.3 is 5.97 Å². The Labute approximate surface area is 97.4 Å². The molecule has 0 radical (unpaired) electrons. The Morgan fingerprint density at radius 1 is 1.56 bits per heavy atom. The number of carbonyl (C=O) groups is 1. The van der Waals surface area contributed by atoms with Gasteiger partial charge in [0.15, 0.2) is 0 Å². The molecule has 0 saturated heterocycles. The van der Waals surface area contributed by atoms with Crippen molar-refractivity contribution in [2.45, 2.75) is 0 Å². The third-order valence-corrected chi connectivity index (χ3v) is 1.83. The summed E-state index contributed by atoms with van der Waals surface area (Å²) in [5.41, 5.74) is 0.774. The molecule has 4 heteroatoms. The van der Waals surface area contributed by atoms with E-state index in [0.29, 0.717) is 5.56 Å². The average molecular weight is 239 g/mol. The number of rotatable bonds is 2. The summed E-state index contributed by atoms with van der Waals surface area (Å²) >= 11 is 5.39. The molecule has 0 atom stereocenters. The topological polar surface area (TPSA) is 37.3 Å². The van der Waals surface area contributed by atoms with Crippen LogP contribution in [-0.2, 0) is 4.79 Å². The van der Waals surface area contributed by atoms with E-state index in [1.807, 2.05) is 0 Å². The van der Waals surface area contributed by atoms with Crippen LogP contribution in [0, 0.1) is 17.7 Å². The SMILES string of the molecule is O=C(O)/C=C/c1cc(C#CCCl)ccc1F. The Morgan fingerprint density at radius 3 is 2.94 bits per heavy atom. The highest BCUT2D eigenvalue weighted by Gasteiger charge is 1.99. The lowest BCUT2D eigenvalue weighted by Gasteiger charge is -1.97. The average Bonchev–Trinajstić information content (AvgIpc) is 2.26. The third-order valence-electron chi connectivity index (χ3n) is 1.70. The van der Waals surface area contributed by atoms with Gasteiger partial charge in [-0.3, -0.25) is 0 Å². The maximum Gasteiger partial charge on any atom is 0.328 e. The second-order valence-corrected chi connectivity index (χ2v) is 3.11. The van der Waals surface area contributed by atoms with E-state index < -0.39 is 11.8 Å². The summed E-state index contributed by atoms with van der Waals surface area (Å²) in [6, 6.07) is 4.21. The molecular weight excluding hydrogens is 231 g/mol. The summed E-state index contributed by atoms with van der Waals surface area (Å²) in [7, 11) is 0. The number of hydrogen-bond donors (Lipinski definition) is 1. The Hall–Kier alpha value is -1.79. The van der Waals surface area contributed by atoms with Crippen molar-refractivity contribution in [2.24, 2.45) is 0 Å². The van der Waals surface area contributed by atoms with Crippen molar-refractivity contribution in [2.75, 3.05) is 5.88 Å². The van der Waals surface area contributed by atoms with Crippen LogP contribution in [0.15, 0.2) is 24.3 Å². The number of benzene rings is 1. The van der Waals surface area contributed by atoms with Crippen molar-refractivity contribution in [1.82, 2.24) is 0 Å². The highest BCUT2D eigenvalue weighted by molar-refractivity contribution is 6.19. The summed E-state index contributed by atoms with van der Waals surface area (Å²) in [4.78, 5) is 10.3. The van der Waals surface area contributed by atoms with E-state index in [1.165, 1.54) is 24.3 Å². The molecule has 1 rings (SSSR count). The van der Waals surface area contributed by atoms with E-state index in [-0.39, 0.29) is 11.4 Å². The van der Waals surface area contributed by atoms with Crippen molar-refractivity contribution in [3.63, 3.8) is 0 Å². The number of halogens is 2. The van der Waals surface area contributed by atoms with Gasteiger partial charge in [0.05, 0.1) is 5.88 Å². The summed E-state index contributed by atoms with van der Waals surface area (Å²) < 4.78 is 13.2. The largest absolute Gasteiger partial charge is 0.478 e. The number of aliphatic carboxylic acids is 1. The Bertz CT molecular complexity index is 484. The first-order valence-corrected chi connectivity index (χ1v) is 4.92. The van der Waals surface area contributed by atoms with Crippen molar-refractivity contribution in [1.29, 1.82) is 0 Å². The first-order chi connectivity index (χ1) is 7.63. The zero-order chi connectivity index (χ0) is 12.0. The molecule has 16 heavy (non-hydrogen) atoms. The van der Waals surface area contributed by atoms with Crippen LogP contribution in [0.2, 0.25) is 0 Å². The summed E-state index contributed by atoms with van der Waals surface area (Å²) in [5.74, 6) is 3.92.